The lowest BCUT2D eigenvalue weighted by molar-refractivity contribution is 0.141. The third kappa shape index (κ3) is 3.16. The zero-order valence-electron chi connectivity index (χ0n) is 6.91. The molecular weight excluding hydrogens is 214 g/mol. The van der Waals surface area contributed by atoms with Crippen LogP contribution >= 0.6 is 22.9 Å². The van der Waals surface area contributed by atoms with Crippen LogP contribution in [0.25, 0.3) is 0 Å². The highest BCUT2D eigenvalue weighted by molar-refractivity contribution is 7.11. The van der Waals surface area contributed by atoms with Crippen molar-refractivity contribution in [2.24, 2.45) is 0 Å². The van der Waals surface area contributed by atoms with Crippen LogP contribution in [0, 0.1) is 0 Å². The van der Waals surface area contributed by atoms with Gasteiger partial charge in [-0.15, -0.1) is 21.8 Å². The molecular formula is C6H8ClN3O2S. The van der Waals surface area contributed by atoms with Crippen LogP contribution in [0.3, 0.4) is 0 Å². The molecule has 1 aromatic rings. The second-order valence-corrected chi connectivity index (χ2v) is 3.46. The van der Waals surface area contributed by atoms with Gasteiger partial charge in [-0.3, -0.25) is 0 Å². The van der Waals surface area contributed by atoms with E-state index in [2.05, 4.69) is 15.5 Å². The Labute approximate surface area is 84.1 Å². The molecule has 0 radical (unpaired) electrons. The lowest BCUT2D eigenvalue weighted by atomic mass is 10.8. The number of hydrogen-bond donors (Lipinski definition) is 1. The van der Waals surface area contributed by atoms with Gasteiger partial charge in [-0.1, -0.05) is 11.3 Å². The van der Waals surface area contributed by atoms with Crippen molar-refractivity contribution >= 4 is 29.0 Å². The molecule has 0 saturated heterocycles. The number of rotatable bonds is 3. The van der Waals surface area contributed by atoms with Crippen molar-refractivity contribution in [2.75, 3.05) is 7.05 Å². The summed E-state index contributed by atoms with van der Waals surface area (Å²) in [6.07, 6.45) is -0.484. The van der Waals surface area contributed by atoms with E-state index in [4.69, 9.17) is 16.3 Å². The highest BCUT2D eigenvalue weighted by Gasteiger charge is 2.05. The van der Waals surface area contributed by atoms with Crippen molar-refractivity contribution < 1.29 is 9.53 Å². The van der Waals surface area contributed by atoms with Crippen LogP contribution in [-0.2, 0) is 17.2 Å². The standard InChI is InChI=1S/C6H8ClN3O2S/c1-8-6(11)12-3-5-10-9-4(2-7)13-5/h2-3H2,1H3,(H,8,11). The molecule has 0 fully saturated rings. The number of halogens is 1. The Morgan fingerprint density at radius 1 is 1.62 bits per heavy atom. The molecule has 0 unspecified atom stereocenters. The maximum Gasteiger partial charge on any atom is 0.407 e. The van der Waals surface area contributed by atoms with E-state index >= 15 is 0 Å². The van der Waals surface area contributed by atoms with Crippen molar-refractivity contribution in [3.63, 3.8) is 0 Å². The van der Waals surface area contributed by atoms with Gasteiger partial charge >= 0.3 is 6.09 Å². The molecule has 13 heavy (non-hydrogen) atoms. The molecule has 0 saturated carbocycles. The van der Waals surface area contributed by atoms with Gasteiger partial charge in [0.2, 0.25) is 0 Å². The highest BCUT2D eigenvalue weighted by Crippen LogP contribution is 2.12. The molecule has 72 valence electrons. The maximum absolute atomic E-state index is 10.7. The monoisotopic (exact) mass is 221 g/mol. The number of carbonyl (C=O) groups is 1. The molecule has 0 aromatic carbocycles. The Kier molecular flexibility index (Phi) is 3.91. The molecule has 5 nitrogen and oxygen atoms in total. The Bertz CT molecular complexity index is 291. The van der Waals surface area contributed by atoms with Crippen LogP contribution in [-0.4, -0.2) is 23.3 Å². The Hall–Kier alpha value is -0.880. The van der Waals surface area contributed by atoms with Gasteiger partial charge < -0.3 is 10.1 Å². The lowest BCUT2D eigenvalue weighted by Crippen LogP contribution is -2.18. The summed E-state index contributed by atoms with van der Waals surface area (Å²) in [4.78, 5) is 10.7. The van der Waals surface area contributed by atoms with E-state index in [-0.39, 0.29) is 6.61 Å². The van der Waals surface area contributed by atoms with E-state index in [0.29, 0.717) is 10.9 Å². The van der Waals surface area contributed by atoms with E-state index < -0.39 is 6.09 Å². The van der Waals surface area contributed by atoms with Crippen LogP contribution in [0.15, 0.2) is 0 Å². The number of aromatic nitrogens is 2. The van der Waals surface area contributed by atoms with Crippen molar-refractivity contribution in [3.8, 4) is 0 Å². The van der Waals surface area contributed by atoms with E-state index in [1.54, 1.807) is 0 Å². The molecule has 0 aliphatic carbocycles. The van der Waals surface area contributed by atoms with Gasteiger partial charge in [0.15, 0.2) is 5.01 Å². The van der Waals surface area contributed by atoms with Crippen LogP contribution in [0.2, 0.25) is 0 Å². The van der Waals surface area contributed by atoms with Gasteiger partial charge in [0, 0.05) is 7.05 Å². The molecule has 0 atom stereocenters. The number of nitrogens with zero attached hydrogens (tertiary/aromatic N) is 2. The van der Waals surface area contributed by atoms with Crippen LogP contribution in [0.4, 0.5) is 4.79 Å². The number of alkyl carbamates (subject to hydrolysis) is 1. The number of hydrogen-bond acceptors (Lipinski definition) is 5. The summed E-state index contributed by atoms with van der Waals surface area (Å²) < 4.78 is 4.75. The number of nitrogens with one attached hydrogen (secondary N) is 1. The number of alkyl halides is 1. The Morgan fingerprint density at radius 2 is 2.31 bits per heavy atom. The van der Waals surface area contributed by atoms with Crippen LogP contribution < -0.4 is 5.32 Å². The minimum Gasteiger partial charge on any atom is -0.442 e. The normalized spacial score (nSPS) is 9.69. The molecule has 7 heteroatoms. The molecule has 0 spiro atoms. The summed E-state index contributed by atoms with van der Waals surface area (Å²) in [6, 6.07) is 0. The lowest BCUT2D eigenvalue weighted by Gasteiger charge is -1.98. The fourth-order valence-electron chi connectivity index (χ4n) is 0.600. The Balaban J connectivity index is 2.41. The summed E-state index contributed by atoms with van der Waals surface area (Å²) in [7, 11) is 1.49. The van der Waals surface area contributed by atoms with E-state index in [1.165, 1.54) is 18.4 Å². The van der Waals surface area contributed by atoms with Crippen LogP contribution in [0.5, 0.6) is 0 Å². The smallest absolute Gasteiger partial charge is 0.407 e. The van der Waals surface area contributed by atoms with Crippen molar-refractivity contribution in [1.29, 1.82) is 0 Å². The molecule has 0 aliphatic heterocycles. The molecule has 1 amide bonds. The van der Waals surface area contributed by atoms with Crippen molar-refractivity contribution in [1.82, 2.24) is 15.5 Å². The minimum absolute atomic E-state index is 0.133. The van der Waals surface area contributed by atoms with E-state index in [0.717, 1.165) is 5.01 Å². The summed E-state index contributed by atoms with van der Waals surface area (Å²) in [6.45, 7) is 0.133. The maximum atomic E-state index is 10.7. The predicted molar refractivity (Wildman–Crippen MR) is 48.7 cm³/mol. The third-order valence-electron chi connectivity index (χ3n) is 1.15. The number of carbonyl (C=O) groups excluding carboxylic acids is 1. The van der Waals surface area contributed by atoms with Crippen LogP contribution in [0.1, 0.15) is 10.0 Å². The predicted octanol–water partition coefficient (Wildman–Crippen LogP) is 1.13. The first kappa shape index (κ1) is 10.2. The van der Waals surface area contributed by atoms with Gasteiger partial charge in [0.1, 0.15) is 11.6 Å². The average Bonchev–Trinajstić information content (AvgIpc) is 2.61. The zero-order chi connectivity index (χ0) is 9.68. The van der Waals surface area contributed by atoms with E-state index in [1.807, 2.05) is 0 Å². The first-order valence-corrected chi connectivity index (χ1v) is 4.83. The highest BCUT2D eigenvalue weighted by atomic mass is 35.5. The summed E-state index contributed by atoms with van der Waals surface area (Å²) in [5.74, 6) is 0.331. The molecule has 1 heterocycles. The SMILES string of the molecule is CNC(=O)OCc1nnc(CCl)s1. The van der Waals surface area contributed by atoms with Crippen molar-refractivity contribution in [2.45, 2.75) is 12.5 Å². The first-order chi connectivity index (χ1) is 6.26. The second-order valence-electron chi connectivity index (χ2n) is 2.05. The summed E-state index contributed by atoms with van der Waals surface area (Å²) in [5.41, 5.74) is 0. The fraction of sp³-hybridized carbons (Fsp3) is 0.500. The van der Waals surface area contributed by atoms with Gasteiger partial charge in [-0.25, -0.2) is 4.79 Å². The molecule has 1 rings (SSSR count). The van der Waals surface area contributed by atoms with Gasteiger partial charge in [0.25, 0.3) is 0 Å². The van der Waals surface area contributed by atoms with E-state index in [9.17, 15) is 4.79 Å². The quantitative estimate of drug-likeness (QED) is 0.778. The second kappa shape index (κ2) is 4.98. The molecule has 0 aliphatic rings. The Morgan fingerprint density at radius 3 is 2.85 bits per heavy atom. The summed E-state index contributed by atoms with van der Waals surface area (Å²) >= 11 is 6.84. The third-order valence-corrected chi connectivity index (χ3v) is 2.46. The average molecular weight is 222 g/mol. The minimum atomic E-state index is -0.484. The summed E-state index contributed by atoms with van der Waals surface area (Å²) in [5, 5.41) is 11.2. The van der Waals surface area contributed by atoms with Gasteiger partial charge in [0.05, 0.1) is 5.88 Å². The molecule has 0 bridgehead atoms. The van der Waals surface area contributed by atoms with Gasteiger partial charge in [-0.2, -0.15) is 0 Å². The molecule has 1 N–H and O–H groups in total. The fourth-order valence-corrected chi connectivity index (χ4v) is 1.42. The topological polar surface area (TPSA) is 64.1 Å². The van der Waals surface area contributed by atoms with Gasteiger partial charge in [-0.05, 0) is 0 Å². The first-order valence-electron chi connectivity index (χ1n) is 3.48. The number of ether oxygens (including phenoxy) is 1. The molecule has 1 aromatic heterocycles. The number of amides is 1. The largest absolute Gasteiger partial charge is 0.442 e. The van der Waals surface area contributed by atoms with Crippen molar-refractivity contribution in [3.05, 3.63) is 10.0 Å². The zero-order valence-corrected chi connectivity index (χ0v) is 8.48.